The molecule has 2 saturated heterocycles. The molecule has 0 radical (unpaired) electrons. The van der Waals surface area contributed by atoms with Crippen molar-refractivity contribution in [3.8, 4) is 23.7 Å². The van der Waals surface area contributed by atoms with Crippen molar-refractivity contribution >= 4 is 33.2 Å². The molecule has 11 nitrogen and oxygen atoms in total. The van der Waals surface area contributed by atoms with Gasteiger partial charge in [0.1, 0.15) is 16.9 Å². The van der Waals surface area contributed by atoms with Gasteiger partial charge >= 0.3 is 0 Å². The van der Waals surface area contributed by atoms with Crippen LogP contribution in [0.1, 0.15) is 98.6 Å². The minimum Gasteiger partial charge on any atom is -0.389 e. The molecule has 0 aromatic carbocycles. The van der Waals surface area contributed by atoms with Crippen LogP contribution < -0.4 is 10.6 Å². The van der Waals surface area contributed by atoms with Gasteiger partial charge in [0.15, 0.2) is 22.9 Å². The number of nitrogens with two attached hydrogens (primary N) is 1. The lowest BCUT2D eigenvalue weighted by Crippen LogP contribution is -2.41. The summed E-state index contributed by atoms with van der Waals surface area (Å²) in [5.74, 6) is 2.18. The van der Waals surface area contributed by atoms with Crippen molar-refractivity contribution < 1.29 is 4.52 Å². The molecule has 2 N–H and O–H groups in total. The van der Waals surface area contributed by atoms with Gasteiger partial charge < -0.3 is 20.1 Å². The van der Waals surface area contributed by atoms with Crippen LogP contribution in [0.4, 0.5) is 10.8 Å². The molecule has 4 atom stereocenters. The molecule has 12 heteroatoms. The van der Waals surface area contributed by atoms with E-state index >= 15 is 0 Å². The Balaban J connectivity index is 1.30. The van der Waals surface area contributed by atoms with Gasteiger partial charge in [-0.25, -0.2) is 14.6 Å². The van der Waals surface area contributed by atoms with E-state index < -0.39 is 10.8 Å². The molecule has 0 bridgehead atoms. The number of aromatic nitrogens is 5. The summed E-state index contributed by atoms with van der Waals surface area (Å²) in [6.07, 6.45) is 11.5. The Bertz CT molecular complexity index is 1920. The maximum Gasteiger partial charge on any atom is 0.186 e. The average Bonchev–Trinajstić information content (AvgIpc) is 3.85. The molecule has 2 aliphatic carbocycles. The number of piperidine rings is 1. The number of likely N-dealkylation sites (tertiary alicyclic amines) is 1. The second kappa shape index (κ2) is 10.8. The minimum atomic E-state index is -0.454. The van der Waals surface area contributed by atoms with E-state index in [1.54, 1.807) is 11.3 Å². The van der Waals surface area contributed by atoms with Crippen LogP contribution in [-0.4, -0.2) is 62.5 Å². The molecule has 4 aliphatic rings. The zero-order chi connectivity index (χ0) is 31.8. The van der Waals surface area contributed by atoms with Crippen LogP contribution in [0.15, 0.2) is 10.7 Å². The number of hydrogen-bond donors (Lipinski definition) is 1. The summed E-state index contributed by atoms with van der Waals surface area (Å²) in [7, 11) is 2.19. The first-order chi connectivity index (χ1) is 22.3. The van der Waals surface area contributed by atoms with Crippen molar-refractivity contribution in [3.63, 3.8) is 0 Å². The summed E-state index contributed by atoms with van der Waals surface area (Å²) in [4.78, 5) is 16.3. The Morgan fingerprint density at radius 1 is 1.11 bits per heavy atom. The van der Waals surface area contributed by atoms with Crippen LogP contribution in [0.3, 0.4) is 0 Å². The molecule has 6 heterocycles. The van der Waals surface area contributed by atoms with Crippen LogP contribution >= 0.6 is 11.3 Å². The van der Waals surface area contributed by atoms with Crippen LogP contribution in [-0.2, 0) is 18.3 Å². The third kappa shape index (κ3) is 4.30. The number of hydrogen-bond acceptors (Lipinski definition) is 11. The summed E-state index contributed by atoms with van der Waals surface area (Å²) in [6, 6.07) is 5.47. The highest BCUT2D eigenvalue weighted by Gasteiger charge is 2.49. The number of anilines is 2. The topological polar surface area (TPSA) is 150 Å². The standard InChI is InChI=1S/C34H40N10OS/c1-20(24-9-6-14-42(24)3)44-32-23(17-38-44)31(43-15-7-11-33(2,18-36)19-43)39-30(40-32)27-21-8-4-12-34(28(21)45-41-27)13-5-10-25-26(34)22(16-35)29(37)46-25/h17,20,24H,4-15,19,37H2,1-3H3. The Kier molecular flexibility index (Phi) is 6.89. The summed E-state index contributed by atoms with van der Waals surface area (Å²) in [5.41, 5.74) is 9.67. The van der Waals surface area contributed by atoms with Gasteiger partial charge in [-0.05, 0) is 97.2 Å². The molecular weight excluding hydrogens is 597 g/mol. The third-order valence-corrected chi connectivity index (χ3v) is 12.4. The summed E-state index contributed by atoms with van der Waals surface area (Å²) < 4.78 is 8.41. The van der Waals surface area contributed by atoms with Crippen molar-refractivity contribution in [1.82, 2.24) is 29.8 Å². The van der Waals surface area contributed by atoms with Crippen molar-refractivity contribution in [2.24, 2.45) is 5.41 Å². The van der Waals surface area contributed by atoms with Crippen molar-refractivity contribution in [1.29, 1.82) is 10.5 Å². The number of nitrogen functional groups attached to an aromatic ring is 1. The monoisotopic (exact) mass is 636 g/mol. The van der Waals surface area contributed by atoms with Gasteiger partial charge in [0.2, 0.25) is 0 Å². The molecule has 4 unspecified atom stereocenters. The fraction of sp³-hybridized carbons (Fsp3) is 0.588. The highest BCUT2D eigenvalue weighted by atomic mass is 32.1. The maximum absolute atomic E-state index is 10.1. The van der Waals surface area contributed by atoms with Gasteiger partial charge in [-0.1, -0.05) is 5.16 Å². The van der Waals surface area contributed by atoms with Crippen LogP contribution in [0.5, 0.6) is 0 Å². The molecule has 4 aromatic rings. The first kappa shape index (κ1) is 29.4. The maximum atomic E-state index is 10.1. The molecule has 2 aliphatic heterocycles. The van der Waals surface area contributed by atoms with E-state index in [1.165, 1.54) is 11.3 Å². The number of rotatable bonds is 4. The molecular formula is C34H40N10OS. The van der Waals surface area contributed by atoms with Crippen molar-refractivity contribution in [2.45, 2.75) is 95.6 Å². The summed E-state index contributed by atoms with van der Waals surface area (Å²) in [5, 5.41) is 31.3. The highest BCUT2D eigenvalue weighted by molar-refractivity contribution is 7.16. The summed E-state index contributed by atoms with van der Waals surface area (Å²) >= 11 is 1.55. The minimum absolute atomic E-state index is 0.120. The molecule has 8 rings (SSSR count). The Labute approximate surface area is 273 Å². The second-order valence-electron chi connectivity index (χ2n) is 14.2. The lowest BCUT2D eigenvalue weighted by molar-refractivity contribution is 0.232. The highest BCUT2D eigenvalue weighted by Crippen LogP contribution is 2.55. The van der Waals surface area contributed by atoms with E-state index in [0.29, 0.717) is 34.7 Å². The predicted octanol–water partition coefficient (Wildman–Crippen LogP) is 5.74. The summed E-state index contributed by atoms with van der Waals surface area (Å²) in [6.45, 7) is 6.76. The number of likely N-dealkylation sites (N-methyl/N-ethyl adjacent to an activating group) is 1. The quantitative estimate of drug-likeness (QED) is 0.294. The van der Waals surface area contributed by atoms with E-state index in [4.69, 9.17) is 30.5 Å². The zero-order valence-corrected chi connectivity index (χ0v) is 27.7. The van der Waals surface area contributed by atoms with Gasteiger partial charge in [-0.3, -0.25) is 0 Å². The number of nitriles is 2. The Morgan fingerprint density at radius 2 is 1.93 bits per heavy atom. The lowest BCUT2D eigenvalue weighted by atomic mass is 9.63. The van der Waals surface area contributed by atoms with E-state index in [1.807, 2.05) is 13.1 Å². The van der Waals surface area contributed by atoms with Crippen LogP contribution in [0.25, 0.3) is 22.6 Å². The molecule has 0 amide bonds. The molecule has 238 valence electrons. The van der Waals surface area contributed by atoms with Crippen molar-refractivity contribution in [3.05, 3.63) is 33.5 Å². The Hall–Kier alpha value is -4.00. The van der Waals surface area contributed by atoms with Gasteiger partial charge in [-0.15, -0.1) is 11.3 Å². The van der Waals surface area contributed by atoms with E-state index in [-0.39, 0.29) is 6.04 Å². The molecule has 0 saturated carbocycles. The Morgan fingerprint density at radius 3 is 2.70 bits per heavy atom. The lowest BCUT2D eigenvalue weighted by Gasteiger charge is -2.39. The van der Waals surface area contributed by atoms with Crippen LogP contribution in [0, 0.1) is 28.1 Å². The number of thiophene rings is 1. The zero-order valence-electron chi connectivity index (χ0n) is 26.8. The fourth-order valence-electron chi connectivity index (χ4n) is 8.99. The largest absolute Gasteiger partial charge is 0.389 e. The molecule has 46 heavy (non-hydrogen) atoms. The fourth-order valence-corrected chi connectivity index (χ4v) is 10.2. The van der Waals surface area contributed by atoms with Gasteiger partial charge in [0.25, 0.3) is 0 Å². The van der Waals surface area contributed by atoms with Gasteiger partial charge in [0, 0.05) is 29.6 Å². The normalized spacial score (nSPS) is 27.0. The van der Waals surface area contributed by atoms with E-state index in [2.05, 4.69) is 40.6 Å². The van der Waals surface area contributed by atoms with Gasteiger partial charge in [-0.2, -0.15) is 15.6 Å². The smallest absolute Gasteiger partial charge is 0.186 e. The first-order valence-corrected chi connectivity index (χ1v) is 17.5. The van der Waals surface area contributed by atoms with E-state index in [9.17, 15) is 10.5 Å². The third-order valence-electron chi connectivity index (χ3n) is 11.3. The molecule has 1 spiro atoms. The van der Waals surface area contributed by atoms with Gasteiger partial charge in [0.05, 0.1) is 40.1 Å². The van der Waals surface area contributed by atoms with Crippen molar-refractivity contribution in [2.75, 3.05) is 37.3 Å². The average molecular weight is 637 g/mol. The molecule has 4 aromatic heterocycles. The number of aryl methyl sites for hydroxylation is 1. The number of fused-ring (bicyclic) bond motifs is 5. The van der Waals surface area contributed by atoms with Crippen LogP contribution in [0.2, 0.25) is 0 Å². The molecule has 2 fully saturated rings. The SMILES string of the molecule is CC(C1CCCN1C)n1ncc2c(N3CCCC(C)(C#N)C3)nc(-c3noc4c3CCCC43CCCc4sc(N)c(C#N)c43)nc21. The predicted molar refractivity (Wildman–Crippen MR) is 176 cm³/mol. The first-order valence-electron chi connectivity index (χ1n) is 16.7. The second-order valence-corrected chi connectivity index (χ2v) is 15.3. The number of nitrogens with zero attached hydrogens (tertiary/aromatic N) is 9. The van der Waals surface area contributed by atoms with E-state index in [0.717, 1.165) is 105 Å².